The van der Waals surface area contributed by atoms with E-state index in [-0.39, 0.29) is 15.6 Å². The Hall–Kier alpha value is -1.86. The highest BCUT2D eigenvalue weighted by molar-refractivity contribution is 7.96. The van der Waals surface area contributed by atoms with E-state index in [1.807, 2.05) is 13.8 Å². The Balaban J connectivity index is 2.23. The molecule has 1 aliphatic rings. The van der Waals surface area contributed by atoms with Crippen molar-refractivity contribution in [3.63, 3.8) is 0 Å². The first-order valence-electron chi connectivity index (χ1n) is 7.60. The van der Waals surface area contributed by atoms with Crippen LogP contribution in [0.4, 0.5) is 0 Å². The van der Waals surface area contributed by atoms with Crippen LogP contribution in [0.2, 0.25) is 0 Å². The standard InChI is InChI=1S/C16H22N2O4S/c1-4-18(5-2)11-10-17-16(19)15-14(22-3)12-8-6-7-9-13(12)23(15,20)21/h6-9H,4-5,10-11H2,1-3H3,(H,17,19). The van der Waals surface area contributed by atoms with Gasteiger partial charge in [0.15, 0.2) is 10.7 Å². The monoisotopic (exact) mass is 338 g/mol. The van der Waals surface area contributed by atoms with Gasteiger partial charge in [0.05, 0.1) is 12.0 Å². The molecule has 7 heteroatoms. The van der Waals surface area contributed by atoms with E-state index in [2.05, 4.69) is 10.2 Å². The van der Waals surface area contributed by atoms with Crippen LogP contribution in [0.5, 0.6) is 0 Å². The number of carbonyl (C=O) groups excluding carboxylic acids is 1. The van der Waals surface area contributed by atoms with E-state index in [4.69, 9.17) is 4.74 Å². The number of rotatable bonds is 7. The predicted molar refractivity (Wildman–Crippen MR) is 88.4 cm³/mol. The average molecular weight is 338 g/mol. The number of methoxy groups -OCH3 is 1. The quantitative estimate of drug-likeness (QED) is 0.810. The van der Waals surface area contributed by atoms with Gasteiger partial charge in [-0.2, -0.15) is 0 Å². The van der Waals surface area contributed by atoms with E-state index in [1.54, 1.807) is 18.2 Å². The Kier molecular flexibility index (Phi) is 5.43. The van der Waals surface area contributed by atoms with Gasteiger partial charge >= 0.3 is 0 Å². The molecule has 0 saturated carbocycles. The maximum atomic E-state index is 12.6. The van der Waals surface area contributed by atoms with Crippen LogP contribution >= 0.6 is 0 Å². The van der Waals surface area contributed by atoms with Gasteiger partial charge in [-0.05, 0) is 25.2 Å². The van der Waals surface area contributed by atoms with Crippen molar-refractivity contribution in [2.45, 2.75) is 18.7 Å². The summed E-state index contributed by atoms with van der Waals surface area (Å²) in [5.74, 6) is -0.508. The zero-order valence-corrected chi connectivity index (χ0v) is 14.4. The highest BCUT2D eigenvalue weighted by atomic mass is 32.2. The number of nitrogens with one attached hydrogen (secondary N) is 1. The maximum Gasteiger partial charge on any atom is 0.267 e. The van der Waals surface area contributed by atoms with Crippen molar-refractivity contribution in [3.05, 3.63) is 34.7 Å². The van der Waals surface area contributed by atoms with Crippen LogP contribution in [0.3, 0.4) is 0 Å². The zero-order valence-electron chi connectivity index (χ0n) is 13.6. The molecule has 1 aromatic carbocycles. The van der Waals surface area contributed by atoms with Crippen molar-refractivity contribution in [1.29, 1.82) is 0 Å². The molecule has 126 valence electrons. The number of hydrogen-bond acceptors (Lipinski definition) is 5. The smallest absolute Gasteiger partial charge is 0.267 e. The molecular formula is C16H22N2O4S. The third-order valence-electron chi connectivity index (χ3n) is 3.91. The van der Waals surface area contributed by atoms with Crippen LogP contribution in [0.15, 0.2) is 34.1 Å². The van der Waals surface area contributed by atoms with Crippen LogP contribution in [0, 0.1) is 0 Å². The minimum atomic E-state index is -3.84. The first-order valence-corrected chi connectivity index (χ1v) is 9.09. The number of sulfone groups is 1. The maximum absolute atomic E-state index is 12.6. The molecule has 0 fully saturated rings. The van der Waals surface area contributed by atoms with Crippen molar-refractivity contribution in [3.8, 4) is 0 Å². The van der Waals surface area contributed by atoms with Gasteiger partial charge in [-0.3, -0.25) is 4.79 Å². The molecule has 1 aliphatic heterocycles. The highest BCUT2D eigenvalue weighted by Crippen LogP contribution is 2.39. The number of hydrogen-bond donors (Lipinski definition) is 1. The Labute approximate surface area is 137 Å². The fraction of sp³-hybridized carbons (Fsp3) is 0.438. The summed E-state index contributed by atoms with van der Waals surface area (Å²) in [6.07, 6.45) is 0. The lowest BCUT2D eigenvalue weighted by molar-refractivity contribution is -0.116. The van der Waals surface area contributed by atoms with E-state index in [0.717, 1.165) is 13.1 Å². The minimum absolute atomic E-state index is 0.112. The summed E-state index contributed by atoms with van der Waals surface area (Å²) in [5, 5.41) is 2.68. The molecule has 0 radical (unpaired) electrons. The molecule has 0 unspecified atom stereocenters. The molecule has 0 bridgehead atoms. The van der Waals surface area contributed by atoms with Gasteiger partial charge in [0, 0.05) is 18.7 Å². The number of carbonyl (C=O) groups is 1. The Bertz CT molecular complexity index is 721. The summed E-state index contributed by atoms with van der Waals surface area (Å²) in [6.45, 7) is 6.88. The molecule has 6 nitrogen and oxygen atoms in total. The second-order valence-corrected chi connectivity index (χ2v) is 7.00. The predicted octanol–water partition coefficient (Wildman–Crippen LogP) is 1.25. The molecule has 1 amide bonds. The van der Waals surface area contributed by atoms with Gasteiger partial charge in [-0.25, -0.2) is 8.42 Å². The van der Waals surface area contributed by atoms with Gasteiger partial charge in [-0.1, -0.05) is 26.0 Å². The number of benzene rings is 1. The average Bonchev–Trinajstić information content (AvgIpc) is 2.79. The van der Waals surface area contributed by atoms with Crippen molar-refractivity contribution in [1.82, 2.24) is 10.2 Å². The highest BCUT2D eigenvalue weighted by Gasteiger charge is 2.40. The van der Waals surface area contributed by atoms with Gasteiger partial charge in [0.1, 0.15) is 0 Å². The summed E-state index contributed by atoms with van der Waals surface area (Å²) in [4.78, 5) is 14.4. The first kappa shape index (κ1) is 17.5. The minimum Gasteiger partial charge on any atom is -0.494 e. The lowest BCUT2D eigenvalue weighted by Crippen LogP contribution is -2.36. The molecule has 0 saturated heterocycles. The number of amides is 1. The van der Waals surface area contributed by atoms with Crippen molar-refractivity contribution in [2.75, 3.05) is 33.3 Å². The molecule has 1 heterocycles. The van der Waals surface area contributed by atoms with E-state index in [1.165, 1.54) is 13.2 Å². The van der Waals surface area contributed by atoms with E-state index >= 15 is 0 Å². The Morgan fingerprint density at radius 2 is 1.87 bits per heavy atom. The molecule has 0 atom stereocenters. The SMILES string of the molecule is CCN(CC)CCNC(=O)C1=C(OC)c2ccccc2S1(=O)=O. The molecule has 2 rings (SSSR count). The number of nitrogens with zero attached hydrogens (tertiary/aromatic N) is 1. The van der Waals surface area contributed by atoms with Crippen molar-refractivity contribution >= 4 is 21.5 Å². The molecule has 0 aliphatic carbocycles. The van der Waals surface area contributed by atoms with Crippen LogP contribution in [-0.2, 0) is 19.4 Å². The third kappa shape index (κ3) is 3.25. The molecule has 23 heavy (non-hydrogen) atoms. The Morgan fingerprint density at radius 3 is 2.48 bits per heavy atom. The summed E-state index contributed by atoms with van der Waals surface area (Å²) in [7, 11) is -2.47. The molecule has 0 spiro atoms. The summed E-state index contributed by atoms with van der Waals surface area (Å²) in [6, 6.07) is 6.47. The second-order valence-electron chi connectivity index (χ2n) is 5.14. The van der Waals surface area contributed by atoms with E-state index in [9.17, 15) is 13.2 Å². The van der Waals surface area contributed by atoms with E-state index < -0.39 is 15.7 Å². The lowest BCUT2D eigenvalue weighted by Gasteiger charge is -2.18. The second kappa shape index (κ2) is 7.14. The van der Waals surface area contributed by atoms with Crippen LogP contribution in [-0.4, -0.2) is 52.5 Å². The molecular weight excluding hydrogens is 316 g/mol. The van der Waals surface area contributed by atoms with E-state index in [0.29, 0.717) is 18.7 Å². The topological polar surface area (TPSA) is 75.7 Å². The zero-order chi connectivity index (χ0) is 17.0. The molecule has 1 N–H and O–H groups in total. The largest absolute Gasteiger partial charge is 0.494 e. The fourth-order valence-corrected chi connectivity index (χ4v) is 4.30. The Morgan fingerprint density at radius 1 is 1.22 bits per heavy atom. The number of likely N-dealkylation sites (N-methyl/N-ethyl adjacent to an activating group) is 1. The summed E-state index contributed by atoms with van der Waals surface area (Å²) in [5.41, 5.74) is 0.434. The first-order chi connectivity index (χ1) is 11.0. The fourth-order valence-electron chi connectivity index (χ4n) is 2.62. The lowest BCUT2D eigenvalue weighted by atomic mass is 10.2. The van der Waals surface area contributed by atoms with Gasteiger partial charge in [0.2, 0.25) is 9.84 Å². The third-order valence-corrected chi connectivity index (χ3v) is 5.76. The molecule has 1 aromatic rings. The summed E-state index contributed by atoms with van der Waals surface area (Å²) >= 11 is 0. The summed E-state index contributed by atoms with van der Waals surface area (Å²) < 4.78 is 30.4. The van der Waals surface area contributed by atoms with Crippen molar-refractivity contribution in [2.24, 2.45) is 0 Å². The van der Waals surface area contributed by atoms with Gasteiger partial charge in [0.25, 0.3) is 5.91 Å². The van der Waals surface area contributed by atoms with Crippen LogP contribution in [0.1, 0.15) is 19.4 Å². The van der Waals surface area contributed by atoms with Gasteiger partial charge in [-0.15, -0.1) is 0 Å². The van der Waals surface area contributed by atoms with Crippen LogP contribution in [0.25, 0.3) is 5.76 Å². The van der Waals surface area contributed by atoms with Gasteiger partial charge < -0.3 is 15.0 Å². The molecule has 0 aromatic heterocycles. The van der Waals surface area contributed by atoms with Crippen LogP contribution < -0.4 is 5.32 Å². The van der Waals surface area contributed by atoms with Crippen molar-refractivity contribution < 1.29 is 17.9 Å². The normalized spacial score (nSPS) is 15.7. The number of fused-ring (bicyclic) bond motifs is 1. The number of ether oxygens (including phenoxy) is 1.